The highest BCUT2D eigenvalue weighted by Crippen LogP contribution is 2.11. The van der Waals surface area contributed by atoms with Crippen LogP contribution in [0.15, 0.2) is 24.3 Å². The molecule has 1 rings (SSSR count). The first-order chi connectivity index (χ1) is 6.77. The summed E-state index contributed by atoms with van der Waals surface area (Å²) in [6, 6.07) is 6.13. The molecule has 0 bridgehead atoms. The first-order valence-corrected chi connectivity index (χ1v) is 4.28. The summed E-state index contributed by atoms with van der Waals surface area (Å²) in [4.78, 5) is 0. The molecule has 0 aliphatic carbocycles. The van der Waals surface area contributed by atoms with Gasteiger partial charge in [-0.3, -0.25) is 0 Å². The van der Waals surface area contributed by atoms with Crippen LogP contribution in [-0.4, -0.2) is 13.6 Å². The van der Waals surface area contributed by atoms with Gasteiger partial charge in [-0.05, 0) is 24.7 Å². The van der Waals surface area contributed by atoms with Crippen LogP contribution in [0.4, 0.5) is 4.39 Å². The minimum absolute atomic E-state index is 0.359. The molecule has 0 saturated heterocycles. The number of nitriles is 1. The van der Waals surface area contributed by atoms with Gasteiger partial charge in [-0.25, -0.2) is 4.39 Å². The van der Waals surface area contributed by atoms with Crippen LogP contribution >= 0.6 is 0 Å². The number of nitrogens with zero attached hydrogens (tertiary/aromatic N) is 1. The van der Waals surface area contributed by atoms with Crippen molar-refractivity contribution in [1.29, 1.82) is 5.26 Å². The molecule has 3 heteroatoms. The van der Waals surface area contributed by atoms with Crippen LogP contribution in [0.25, 0.3) is 6.08 Å². The van der Waals surface area contributed by atoms with Crippen LogP contribution in [0.2, 0.25) is 0 Å². The zero-order chi connectivity index (χ0) is 10.4. The van der Waals surface area contributed by atoms with Crippen LogP contribution in [0.5, 0.6) is 0 Å². The lowest BCUT2D eigenvalue weighted by molar-refractivity contribution is 0.627. The third-order valence-corrected chi connectivity index (χ3v) is 1.76. The Labute approximate surface area is 82.7 Å². The van der Waals surface area contributed by atoms with Crippen molar-refractivity contribution in [2.75, 3.05) is 13.6 Å². The van der Waals surface area contributed by atoms with Crippen molar-refractivity contribution in [3.05, 3.63) is 41.2 Å². The van der Waals surface area contributed by atoms with E-state index < -0.39 is 0 Å². The van der Waals surface area contributed by atoms with E-state index in [4.69, 9.17) is 5.26 Å². The highest BCUT2D eigenvalue weighted by molar-refractivity contribution is 5.58. The quantitative estimate of drug-likeness (QED) is 0.790. The Kier molecular flexibility index (Phi) is 3.84. The summed E-state index contributed by atoms with van der Waals surface area (Å²) < 4.78 is 12.7. The van der Waals surface area contributed by atoms with Crippen LogP contribution in [0, 0.1) is 17.1 Å². The standard InChI is InChI=1S/C11H11FN2/c1-14-6-2-3-9-4-5-11(12)7-10(9)8-13/h2-5,7,14H,6H2,1H3. The van der Waals surface area contributed by atoms with Gasteiger partial charge in [-0.2, -0.15) is 5.26 Å². The molecule has 0 aliphatic heterocycles. The number of nitrogens with one attached hydrogen (secondary N) is 1. The number of likely N-dealkylation sites (N-methyl/N-ethyl adjacent to an activating group) is 1. The fraction of sp³-hybridized carbons (Fsp3) is 0.182. The Hall–Kier alpha value is -1.66. The summed E-state index contributed by atoms with van der Waals surface area (Å²) in [6.45, 7) is 0.724. The van der Waals surface area contributed by atoms with Crippen molar-refractivity contribution in [2.45, 2.75) is 0 Å². The Morgan fingerprint density at radius 3 is 3.00 bits per heavy atom. The predicted octanol–water partition coefficient (Wildman–Crippen LogP) is 1.93. The average Bonchev–Trinajstić information content (AvgIpc) is 2.20. The second-order valence-electron chi connectivity index (χ2n) is 2.80. The summed E-state index contributed by atoms with van der Waals surface area (Å²) in [5.41, 5.74) is 1.10. The Bertz CT molecular complexity index is 377. The van der Waals surface area contributed by atoms with Gasteiger partial charge in [0.05, 0.1) is 11.6 Å². The van der Waals surface area contributed by atoms with Crippen molar-refractivity contribution in [1.82, 2.24) is 5.32 Å². The van der Waals surface area contributed by atoms with Crippen LogP contribution in [-0.2, 0) is 0 Å². The van der Waals surface area contributed by atoms with Gasteiger partial charge in [-0.1, -0.05) is 18.2 Å². The topological polar surface area (TPSA) is 35.8 Å². The highest BCUT2D eigenvalue weighted by Gasteiger charge is 1.99. The van der Waals surface area contributed by atoms with Crippen LogP contribution in [0.1, 0.15) is 11.1 Å². The Morgan fingerprint density at radius 2 is 2.36 bits per heavy atom. The Balaban J connectivity index is 2.92. The number of benzene rings is 1. The van der Waals surface area contributed by atoms with E-state index in [0.717, 1.165) is 12.1 Å². The zero-order valence-corrected chi connectivity index (χ0v) is 7.92. The van der Waals surface area contributed by atoms with Crippen molar-refractivity contribution in [2.24, 2.45) is 0 Å². The number of rotatable bonds is 3. The zero-order valence-electron chi connectivity index (χ0n) is 7.92. The minimum Gasteiger partial charge on any atom is -0.316 e. The van der Waals surface area contributed by atoms with E-state index in [1.807, 2.05) is 19.2 Å². The molecule has 0 aliphatic rings. The van der Waals surface area contributed by atoms with Gasteiger partial charge < -0.3 is 5.32 Å². The molecule has 0 fully saturated rings. The first kappa shape index (κ1) is 10.4. The molecule has 14 heavy (non-hydrogen) atoms. The molecular weight excluding hydrogens is 179 g/mol. The van der Waals surface area contributed by atoms with E-state index in [2.05, 4.69) is 5.32 Å². The highest BCUT2D eigenvalue weighted by atomic mass is 19.1. The van der Waals surface area contributed by atoms with Gasteiger partial charge in [0.25, 0.3) is 0 Å². The summed E-state index contributed by atoms with van der Waals surface area (Å²) in [7, 11) is 1.83. The fourth-order valence-corrected chi connectivity index (χ4v) is 1.07. The molecule has 0 atom stereocenters. The third-order valence-electron chi connectivity index (χ3n) is 1.76. The molecule has 0 radical (unpaired) electrons. The first-order valence-electron chi connectivity index (χ1n) is 4.28. The lowest BCUT2D eigenvalue weighted by atomic mass is 10.1. The summed E-state index contributed by atoms with van der Waals surface area (Å²) >= 11 is 0. The molecule has 0 aromatic heterocycles. The van der Waals surface area contributed by atoms with E-state index in [0.29, 0.717) is 5.56 Å². The SMILES string of the molecule is CNCC=Cc1ccc(F)cc1C#N. The van der Waals surface area contributed by atoms with Crippen molar-refractivity contribution >= 4 is 6.08 Å². The van der Waals surface area contributed by atoms with Gasteiger partial charge in [0, 0.05) is 6.54 Å². The van der Waals surface area contributed by atoms with E-state index in [9.17, 15) is 4.39 Å². The van der Waals surface area contributed by atoms with Gasteiger partial charge >= 0.3 is 0 Å². The molecule has 2 nitrogen and oxygen atoms in total. The van der Waals surface area contributed by atoms with Crippen LogP contribution < -0.4 is 5.32 Å². The number of halogens is 1. The molecule has 1 aromatic rings. The fourth-order valence-electron chi connectivity index (χ4n) is 1.07. The number of hydrogen-bond donors (Lipinski definition) is 1. The maximum atomic E-state index is 12.7. The van der Waals surface area contributed by atoms with Gasteiger partial charge in [0.15, 0.2) is 0 Å². The van der Waals surface area contributed by atoms with Crippen molar-refractivity contribution in [3.8, 4) is 6.07 Å². The van der Waals surface area contributed by atoms with Gasteiger partial charge in [0.1, 0.15) is 5.82 Å². The van der Waals surface area contributed by atoms with Gasteiger partial charge in [0.2, 0.25) is 0 Å². The maximum absolute atomic E-state index is 12.7. The summed E-state index contributed by atoms with van der Waals surface area (Å²) in [6.07, 6.45) is 3.68. The summed E-state index contributed by atoms with van der Waals surface area (Å²) in [5.74, 6) is -0.382. The molecular formula is C11H11FN2. The van der Waals surface area contributed by atoms with E-state index in [1.54, 1.807) is 12.1 Å². The predicted molar refractivity (Wildman–Crippen MR) is 54.1 cm³/mol. The van der Waals surface area contributed by atoms with E-state index in [1.165, 1.54) is 12.1 Å². The lowest BCUT2D eigenvalue weighted by Gasteiger charge is -1.97. The molecule has 0 amide bonds. The molecule has 1 N–H and O–H groups in total. The lowest BCUT2D eigenvalue weighted by Crippen LogP contribution is -2.03. The largest absolute Gasteiger partial charge is 0.316 e. The maximum Gasteiger partial charge on any atom is 0.124 e. The smallest absolute Gasteiger partial charge is 0.124 e. The third kappa shape index (κ3) is 2.68. The van der Waals surface area contributed by atoms with Gasteiger partial charge in [-0.15, -0.1) is 0 Å². The molecule has 1 aromatic carbocycles. The molecule has 0 heterocycles. The summed E-state index contributed by atoms with van der Waals surface area (Å²) in [5, 5.41) is 11.7. The normalized spacial score (nSPS) is 10.4. The molecule has 0 spiro atoms. The molecule has 72 valence electrons. The Morgan fingerprint density at radius 1 is 1.57 bits per heavy atom. The molecule has 0 saturated carbocycles. The van der Waals surface area contributed by atoms with E-state index in [-0.39, 0.29) is 5.82 Å². The minimum atomic E-state index is -0.382. The number of hydrogen-bond acceptors (Lipinski definition) is 2. The van der Waals surface area contributed by atoms with Crippen LogP contribution in [0.3, 0.4) is 0 Å². The second-order valence-corrected chi connectivity index (χ2v) is 2.80. The monoisotopic (exact) mass is 190 g/mol. The van der Waals surface area contributed by atoms with Crippen molar-refractivity contribution in [3.63, 3.8) is 0 Å². The van der Waals surface area contributed by atoms with E-state index >= 15 is 0 Å². The van der Waals surface area contributed by atoms with Crippen molar-refractivity contribution < 1.29 is 4.39 Å². The molecule has 0 unspecified atom stereocenters. The average molecular weight is 190 g/mol. The second kappa shape index (κ2) is 5.15.